The molecule has 3 N–H and O–H groups in total. The topological polar surface area (TPSA) is 55.1 Å². The van der Waals surface area contributed by atoms with Crippen LogP contribution in [0.1, 0.15) is 35.2 Å². The number of carbonyl (C=O) groups is 1. The Labute approximate surface area is 118 Å². The van der Waals surface area contributed by atoms with Crippen molar-refractivity contribution in [3.05, 3.63) is 70.8 Å². The molecule has 1 unspecified atom stereocenters. The molecule has 0 aliphatic heterocycles. The van der Waals surface area contributed by atoms with Crippen molar-refractivity contribution in [2.75, 3.05) is 0 Å². The Kier molecular flexibility index (Phi) is 3.28. The fourth-order valence-corrected chi connectivity index (χ4v) is 2.84. The van der Waals surface area contributed by atoms with E-state index >= 15 is 0 Å². The van der Waals surface area contributed by atoms with E-state index in [4.69, 9.17) is 5.73 Å². The molecule has 1 aliphatic carbocycles. The van der Waals surface area contributed by atoms with Crippen molar-refractivity contribution in [3.8, 4) is 0 Å². The number of primary amides is 1. The van der Waals surface area contributed by atoms with Gasteiger partial charge < -0.3 is 5.73 Å². The Hall–Kier alpha value is -2.13. The molecule has 3 heteroatoms. The lowest BCUT2D eigenvalue weighted by Gasteiger charge is -2.30. The molecule has 0 bridgehead atoms. The summed E-state index contributed by atoms with van der Waals surface area (Å²) >= 11 is 0. The molecule has 1 amide bonds. The van der Waals surface area contributed by atoms with Gasteiger partial charge in [-0.05, 0) is 35.6 Å². The fraction of sp³-hybridized carbons (Fsp3) is 0.235. The van der Waals surface area contributed by atoms with Crippen LogP contribution in [0.25, 0.3) is 0 Å². The van der Waals surface area contributed by atoms with Crippen molar-refractivity contribution in [3.63, 3.8) is 0 Å². The van der Waals surface area contributed by atoms with Crippen LogP contribution in [-0.2, 0) is 11.2 Å². The highest BCUT2D eigenvalue weighted by Crippen LogP contribution is 2.34. The lowest BCUT2D eigenvalue weighted by atomic mass is 9.82. The number of benzene rings is 2. The van der Waals surface area contributed by atoms with Crippen molar-refractivity contribution in [1.82, 2.24) is 5.32 Å². The average Bonchev–Trinajstić information content (AvgIpc) is 2.46. The van der Waals surface area contributed by atoms with E-state index < -0.39 is 0 Å². The molecule has 1 aliphatic rings. The lowest BCUT2D eigenvalue weighted by Crippen LogP contribution is -2.42. The van der Waals surface area contributed by atoms with Gasteiger partial charge >= 0.3 is 0 Å². The predicted octanol–water partition coefficient (Wildman–Crippen LogP) is 2.14. The minimum absolute atomic E-state index is 0.0265. The number of hydrogen-bond donors (Lipinski definition) is 2. The summed E-state index contributed by atoms with van der Waals surface area (Å²) in [5, 5.41) is 3.36. The number of fused-ring (bicyclic) bond motifs is 2. The Bertz CT molecular complexity index is 605. The summed E-state index contributed by atoms with van der Waals surface area (Å²) in [5.41, 5.74) is 10.5. The minimum Gasteiger partial charge on any atom is -0.368 e. The van der Waals surface area contributed by atoms with Gasteiger partial charge in [0.2, 0.25) is 5.91 Å². The molecular formula is C17H18N2O. The summed E-state index contributed by atoms with van der Waals surface area (Å²) in [4.78, 5) is 11.4. The average molecular weight is 266 g/mol. The molecule has 0 radical (unpaired) electrons. The van der Waals surface area contributed by atoms with Crippen LogP contribution in [0.3, 0.4) is 0 Å². The van der Waals surface area contributed by atoms with Gasteiger partial charge in [-0.1, -0.05) is 48.5 Å². The van der Waals surface area contributed by atoms with E-state index in [-0.39, 0.29) is 18.0 Å². The molecule has 0 saturated heterocycles. The highest BCUT2D eigenvalue weighted by atomic mass is 16.1. The second-order valence-corrected chi connectivity index (χ2v) is 5.30. The van der Waals surface area contributed by atoms with Crippen LogP contribution >= 0.6 is 0 Å². The fourth-order valence-electron chi connectivity index (χ4n) is 2.84. The van der Waals surface area contributed by atoms with Gasteiger partial charge in [0, 0.05) is 0 Å². The maximum absolute atomic E-state index is 11.4. The van der Waals surface area contributed by atoms with Crippen LogP contribution in [0.5, 0.6) is 0 Å². The van der Waals surface area contributed by atoms with Gasteiger partial charge in [0.15, 0.2) is 0 Å². The monoisotopic (exact) mass is 266 g/mol. The van der Waals surface area contributed by atoms with Gasteiger partial charge in [-0.15, -0.1) is 0 Å². The summed E-state index contributed by atoms with van der Waals surface area (Å²) < 4.78 is 0. The molecule has 0 aromatic heterocycles. The summed E-state index contributed by atoms with van der Waals surface area (Å²) in [6.07, 6.45) is 0.940. The number of rotatable bonds is 3. The SMILES string of the molecule is CC(NC1c2ccccc2Cc2ccccc21)C(N)=O. The third-order valence-corrected chi connectivity index (χ3v) is 3.96. The lowest BCUT2D eigenvalue weighted by molar-refractivity contribution is -0.119. The smallest absolute Gasteiger partial charge is 0.234 e. The van der Waals surface area contributed by atoms with Gasteiger partial charge in [-0.2, -0.15) is 0 Å². The second-order valence-electron chi connectivity index (χ2n) is 5.30. The summed E-state index contributed by atoms with van der Waals surface area (Å²) in [7, 11) is 0. The minimum atomic E-state index is -0.362. The standard InChI is InChI=1S/C17H18N2O/c1-11(17(18)20)19-16-14-8-4-2-6-12(14)10-13-7-3-5-9-15(13)16/h2-9,11,16,19H,10H2,1H3,(H2,18,20). The highest BCUT2D eigenvalue weighted by Gasteiger charge is 2.26. The van der Waals surface area contributed by atoms with E-state index in [1.165, 1.54) is 22.3 Å². The first-order valence-electron chi connectivity index (χ1n) is 6.88. The molecule has 0 fully saturated rings. The van der Waals surface area contributed by atoms with E-state index in [1.807, 2.05) is 19.1 Å². The van der Waals surface area contributed by atoms with Crippen LogP contribution in [-0.4, -0.2) is 11.9 Å². The first-order valence-corrected chi connectivity index (χ1v) is 6.88. The molecule has 3 nitrogen and oxygen atoms in total. The Morgan fingerprint density at radius 3 is 2.10 bits per heavy atom. The molecule has 0 heterocycles. The largest absolute Gasteiger partial charge is 0.368 e. The van der Waals surface area contributed by atoms with Crippen molar-refractivity contribution in [2.45, 2.75) is 25.4 Å². The Balaban J connectivity index is 2.05. The van der Waals surface area contributed by atoms with E-state index in [0.29, 0.717) is 0 Å². The molecule has 102 valence electrons. The number of nitrogens with one attached hydrogen (secondary N) is 1. The predicted molar refractivity (Wildman–Crippen MR) is 79.3 cm³/mol. The van der Waals surface area contributed by atoms with Gasteiger partial charge in [0.05, 0.1) is 12.1 Å². The van der Waals surface area contributed by atoms with E-state index in [2.05, 4.69) is 41.7 Å². The molecule has 0 spiro atoms. The van der Waals surface area contributed by atoms with E-state index in [9.17, 15) is 4.79 Å². The zero-order chi connectivity index (χ0) is 14.1. The van der Waals surface area contributed by atoms with Gasteiger partial charge in [-0.25, -0.2) is 0 Å². The van der Waals surface area contributed by atoms with Crippen molar-refractivity contribution < 1.29 is 4.79 Å². The Morgan fingerprint density at radius 2 is 1.60 bits per heavy atom. The van der Waals surface area contributed by atoms with Crippen LogP contribution in [0.4, 0.5) is 0 Å². The summed E-state index contributed by atoms with van der Waals surface area (Å²) in [6, 6.07) is 16.4. The van der Waals surface area contributed by atoms with E-state index in [0.717, 1.165) is 6.42 Å². The molecule has 20 heavy (non-hydrogen) atoms. The van der Waals surface area contributed by atoms with Crippen molar-refractivity contribution in [1.29, 1.82) is 0 Å². The van der Waals surface area contributed by atoms with Crippen LogP contribution < -0.4 is 11.1 Å². The first kappa shape index (κ1) is 12.9. The van der Waals surface area contributed by atoms with Crippen LogP contribution in [0, 0.1) is 0 Å². The van der Waals surface area contributed by atoms with Crippen LogP contribution in [0.15, 0.2) is 48.5 Å². The first-order chi connectivity index (χ1) is 9.66. The maximum atomic E-state index is 11.4. The normalized spacial score (nSPS) is 15.2. The zero-order valence-electron chi connectivity index (χ0n) is 11.5. The summed E-state index contributed by atoms with van der Waals surface area (Å²) in [5.74, 6) is -0.328. The molecule has 2 aromatic carbocycles. The molecule has 0 saturated carbocycles. The maximum Gasteiger partial charge on any atom is 0.234 e. The number of nitrogens with two attached hydrogens (primary N) is 1. The van der Waals surface area contributed by atoms with Crippen molar-refractivity contribution in [2.24, 2.45) is 5.73 Å². The van der Waals surface area contributed by atoms with Gasteiger partial charge in [-0.3, -0.25) is 10.1 Å². The summed E-state index contributed by atoms with van der Waals surface area (Å²) in [6.45, 7) is 1.81. The number of amides is 1. The molecule has 3 rings (SSSR count). The number of carbonyl (C=O) groups excluding carboxylic acids is 1. The zero-order valence-corrected chi connectivity index (χ0v) is 11.5. The molecular weight excluding hydrogens is 248 g/mol. The number of hydrogen-bond acceptors (Lipinski definition) is 2. The van der Waals surface area contributed by atoms with Crippen molar-refractivity contribution >= 4 is 5.91 Å². The van der Waals surface area contributed by atoms with E-state index in [1.54, 1.807) is 0 Å². The Morgan fingerprint density at radius 1 is 1.10 bits per heavy atom. The highest BCUT2D eigenvalue weighted by molar-refractivity contribution is 5.79. The quantitative estimate of drug-likeness (QED) is 0.894. The molecule has 1 atom stereocenters. The van der Waals surface area contributed by atoms with Crippen LogP contribution in [0.2, 0.25) is 0 Å². The van der Waals surface area contributed by atoms with Gasteiger partial charge in [0.25, 0.3) is 0 Å². The third kappa shape index (κ3) is 2.21. The molecule has 2 aromatic rings. The third-order valence-electron chi connectivity index (χ3n) is 3.96. The second kappa shape index (κ2) is 5.10. The van der Waals surface area contributed by atoms with Gasteiger partial charge in [0.1, 0.15) is 0 Å².